The summed E-state index contributed by atoms with van der Waals surface area (Å²) >= 11 is 0. The van der Waals surface area contributed by atoms with E-state index in [1.807, 2.05) is 0 Å². The first-order valence-corrected chi connectivity index (χ1v) is 5.17. The largest absolute Gasteiger partial charge is 0.398 e. The van der Waals surface area contributed by atoms with Crippen molar-refractivity contribution in [2.24, 2.45) is 0 Å². The molecule has 0 aliphatic rings. The highest BCUT2D eigenvalue weighted by molar-refractivity contribution is 7.83. The summed E-state index contributed by atoms with van der Waals surface area (Å²) in [4.78, 5) is 0. The molecule has 0 bridgehead atoms. The van der Waals surface area contributed by atoms with Gasteiger partial charge in [0.15, 0.2) is 0 Å². The molecule has 0 heterocycles. The van der Waals surface area contributed by atoms with Gasteiger partial charge in [-0.05, 0) is 12.1 Å². The molecule has 0 fully saturated rings. The monoisotopic (exact) mass is 187 g/mol. The third kappa shape index (κ3) is 2.04. The highest BCUT2D eigenvalue weighted by Crippen LogP contribution is 2.16. The van der Waals surface area contributed by atoms with E-state index in [2.05, 4.69) is 0 Å². The van der Waals surface area contributed by atoms with Crippen LogP contribution in [0.4, 0.5) is 10.1 Å². The Balaban J connectivity index is 3.04. The maximum atomic E-state index is 13.0. The molecule has 0 aromatic heterocycles. The third-order valence-electron chi connectivity index (χ3n) is 1.50. The molecule has 0 radical (unpaired) electrons. The van der Waals surface area contributed by atoms with E-state index < -0.39 is 10.8 Å². The summed E-state index contributed by atoms with van der Waals surface area (Å²) < 4.78 is 23.8. The molecule has 66 valence electrons. The lowest BCUT2D eigenvalue weighted by Gasteiger charge is -2.03. The highest BCUT2D eigenvalue weighted by atomic mass is 32.2. The van der Waals surface area contributed by atoms with Gasteiger partial charge < -0.3 is 5.73 Å². The van der Waals surface area contributed by atoms with Gasteiger partial charge in [-0.25, -0.2) is 4.39 Å². The van der Waals surface area contributed by atoms with Crippen LogP contribution in [0, 0.1) is 5.82 Å². The Hall–Kier alpha value is -0.900. The number of nitrogen functional groups attached to an aromatic ring is 1. The second-order valence-corrected chi connectivity index (χ2v) is 3.96. The summed E-state index contributed by atoms with van der Waals surface area (Å²) in [6, 6.07) is 4.45. The zero-order valence-corrected chi connectivity index (χ0v) is 7.53. The molecule has 0 saturated carbocycles. The van der Waals surface area contributed by atoms with Crippen LogP contribution in [-0.2, 0) is 16.6 Å². The Morgan fingerprint density at radius 3 is 2.75 bits per heavy atom. The smallest absolute Gasteiger partial charge is 0.129 e. The topological polar surface area (TPSA) is 43.1 Å². The summed E-state index contributed by atoms with van der Waals surface area (Å²) in [6.45, 7) is 0. The molecule has 1 aromatic rings. The van der Waals surface area contributed by atoms with Crippen LogP contribution in [0.15, 0.2) is 18.2 Å². The zero-order chi connectivity index (χ0) is 9.14. The quantitative estimate of drug-likeness (QED) is 0.709. The van der Waals surface area contributed by atoms with Crippen LogP contribution < -0.4 is 5.73 Å². The van der Waals surface area contributed by atoms with E-state index >= 15 is 0 Å². The Kier molecular flexibility index (Phi) is 2.81. The molecular weight excluding hydrogens is 177 g/mol. The maximum Gasteiger partial charge on any atom is 0.129 e. The van der Waals surface area contributed by atoms with Crippen molar-refractivity contribution in [3.8, 4) is 0 Å². The van der Waals surface area contributed by atoms with Gasteiger partial charge in [0.1, 0.15) is 5.82 Å². The van der Waals surface area contributed by atoms with Gasteiger partial charge in [0.25, 0.3) is 0 Å². The maximum absolute atomic E-state index is 13.0. The molecule has 2 N–H and O–H groups in total. The highest BCUT2D eigenvalue weighted by Gasteiger charge is 2.06. The number of halogens is 1. The van der Waals surface area contributed by atoms with Crippen molar-refractivity contribution in [3.05, 3.63) is 29.6 Å². The van der Waals surface area contributed by atoms with Crippen LogP contribution in [0.25, 0.3) is 0 Å². The number of hydrogen-bond acceptors (Lipinski definition) is 2. The Morgan fingerprint density at radius 1 is 1.58 bits per heavy atom. The van der Waals surface area contributed by atoms with Crippen molar-refractivity contribution in [1.82, 2.24) is 0 Å². The lowest BCUT2D eigenvalue weighted by molar-refractivity contribution is 0.616. The molecule has 12 heavy (non-hydrogen) atoms. The molecule has 2 nitrogen and oxygen atoms in total. The van der Waals surface area contributed by atoms with Crippen molar-refractivity contribution in [2.45, 2.75) is 5.75 Å². The molecule has 0 spiro atoms. The average Bonchev–Trinajstić information content (AvgIpc) is 1.97. The Labute approximate surface area is 73.0 Å². The van der Waals surface area contributed by atoms with Gasteiger partial charge in [0.05, 0.1) is 5.75 Å². The van der Waals surface area contributed by atoms with Gasteiger partial charge in [-0.2, -0.15) is 0 Å². The van der Waals surface area contributed by atoms with E-state index in [1.54, 1.807) is 6.07 Å². The molecule has 0 aliphatic carbocycles. The predicted octanol–water partition coefficient (Wildman–Crippen LogP) is 1.29. The molecular formula is C8H10FNOS. The van der Waals surface area contributed by atoms with E-state index in [-0.39, 0.29) is 11.6 Å². The summed E-state index contributed by atoms with van der Waals surface area (Å²) in [5.74, 6) is -0.205. The molecule has 1 unspecified atom stereocenters. The van der Waals surface area contributed by atoms with Gasteiger partial charge in [0, 0.05) is 28.3 Å². The first-order valence-electron chi connectivity index (χ1n) is 3.44. The molecule has 0 aliphatic heterocycles. The fourth-order valence-electron chi connectivity index (χ4n) is 0.931. The minimum absolute atomic E-state index is 0.179. The number of rotatable bonds is 2. The van der Waals surface area contributed by atoms with E-state index in [0.29, 0.717) is 11.3 Å². The molecule has 1 aromatic carbocycles. The summed E-state index contributed by atoms with van der Waals surface area (Å²) in [7, 11) is -1.06. The Bertz CT molecular complexity index is 294. The van der Waals surface area contributed by atoms with E-state index in [1.165, 1.54) is 18.4 Å². The summed E-state index contributed by atoms with van der Waals surface area (Å²) in [5, 5.41) is 0. The van der Waals surface area contributed by atoms with Crippen LogP contribution in [0.3, 0.4) is 0 Å². The first-order chi connectivity index (χ1) is 5.61. The van der Waals surface area contributed by atoms with Crippen LogP contribution >= 0.6 is 0 Å². The Morgan fingerprint density at radius 2 is 2.25 bits per heavy atom. The third-order valence-corrected chi connectivity index (χ3v) is 2.20. The standard InChI is InChI=1S/C8H10FNOS/c1-12(11)5-6-7(9)3-2-4-8(6)10/h2-4H,5,10H2,1H3. The van der Waals surface area contributed by atoms with Gasteiger partial charge in [-0.3, -0.25) is 4.21 Å². The number of benzene rings is 1. The van der Waals surface area contributed by atoms with E-state index in [0.717, 1.165) is 0 Å². The minimum Gasteiger partial charge on any atom is -0.398 e. The van der Waals surface area contributed by atoms with Crippen molar-refractivity contribution < 1.29 is 8.60 Å². The molecule has 1 atom stereocenters. The SMILES string of the molecule is CS(=O)Cc1c(N)cccc1F. The normalized spacial score (nSPS) is 12.8. The van der Waals surface area contributed by atoms with E-state index in [4.69, 9.17) is 5.73 Å². The van der Waals surface area contributed by atoms with Crippen molar-refractivity contribution in [2.75, 3.05) is 12.0 Å². The van der Waals surface area contributed by atoms with Crippen LogP contribution in [0.1, 0.15) is 5.56 Å². The average molecular weight is 187 g/mol. The minimum atomic E-state index is -1.06. The first kappa shape index (κ1) is 9.19. The lowest BCUT2D eigenvalue weighted by atomic mass is 10.2. The summed E-state index contributed by atoms with van der Waals surface area (Å²) in [5.41, 5.74) is 6.21. The number of anilines is 1. The van der Waals surface area contributed by atoms with Crippen LogP contribution in [-0.4, -0.2) is 10.5 Å². The van der Waals surface area contributed by atoms with Crippen molar-refractivity contribution >= 4 is 16.5 Å². The van der Waals surface area contributed by atoms with Gasteiger partial charge in [0.2, 0.25) is 0 Å². The number of hydrogen-bond donors (Lipinski definition) is 1. The summed E-state index contributed by atoms with van der Waals surface area (Å²) in [6.07, 6.45) is 1.52. The lowest BCUT2D eigenvalue weighted by Crippen LogP contribution is -2.01. The van der Waals surface area contributed by atoms with Gasteiger partial charge in [-0.15, -0.1) is 0 Å². The zero-order valence-electron chi connectivity index (χ0n) is 6.71. The van der Waals surface area contributed by atoms with E-state index in [9.17, 15) is 8.60 Å². The van der Waals surface area contributed by atoms with Crippen LogP contribution in [0.2, 0.25) is 0 Å². The van der Waals surface area contributed by atoms with Gasteiger partial charge in [-0.1, -0.05) is 6.07 Å². The second kappa shape index (κ2) is 3.67. The van der Waals surface area contributed by atoms with Crippen molar-refractivity contribution in [1.29, 1.82) is 0 Å². The second-order valence-electron chi connectivity index (χ2n) is 2.53. The fraction of sp³-hybridized carbons (Fsp3) is 0.250. The molecule has 0 saturated heterocycles. The van der Waals surface area contributed by atoms with Crippen LogP contribution in [0.5, 0.6) is 0 Å². The molecule has 0 amide bonds. The molecule has 4 heteroatoms. The fourth-order valence-corrected chi connectivity index (χ4v) is 1.64. The number of nitrogens with two attached hydrogens (primary N) is 1. The molecule has 1 rings (SSSR count). The van der Waals surface area contributed by atoms with Gasteiger partial charge >= 0.3 is 0 Å². The van der Waals surface area contributed by atoms with Crippen molar-refractivity contribution in [3.63, 3.8) is 0 Å². The predicted molar refractivity (Wildman–Crippen MR) is 48.6 cm³/mol.